The Labute approximate surface area is 159 Å². The Morgan fingerprint density at radius 1 is 1.26 bits per heavy atom. The molecule has 0 saturated heterocycles. The van der Waals surface area contributed by atoms with Crippen molar-refractivity contribution in [1.82, 2.24) is 19.7 Å². The van der Waals surface area contributed by atoms with Gasteiger partial charge in [0, 0.05) is 24.2 Å². The summed E-state index contributed by atoms with van der Waals surface area (Å²) in [6.07, 6.45) is 0. The van der Waals surface area contributed by atoms with Crippen molar-refractivity contribution in [1.29, 1.82) is 0 Å². The standard InChI is InChI=1S/C19H15ClFN5O/c1-10-22-14-4-3-5-15(18(14)23-10)24-19(27)12-6-11(7-13(21)8-12)16-9-17(20)26(2)25-16/h3-9H,1-2H3,(H,22,23)(H,24,27). The maximum absolute atomic E-state index is 14.1. The van der Waals surface area contributed by atoms with E-state index in [-0.39, 0.29) is 5.56 Å². The number of carbonyl (C=O) groups excluding carboxylic acids is 1. The second-order valence-electron chi connectivity index (χ2n) is 6.18. The summed E-state index contributed by atoms with van der Waals surface area (Å²) in [4.78, 5) is 20.2. The molecule has 1 amide bonds. The molecule has 0 atom stereocenters. The van der Waals surface area contributed by atoms with Crippen molar-refractivity contribution in [2.24, 2.45) is 7.05 Å². The summed E-state index contributed by atoms with van der Waals surface area (Å²) in [7, 11) is 1.69. The highest BCUT2D eigenvalue weighted by atomic mass is 35.5. The highest BCUT2D eigenvalue weighted by Gasteiger charge is 2.14. The van der Waals surface area contributed by atoms with Crippen molar-refractivity contribution in [3.05, 3.63) is 64.8 Å². The first-order chi connectivity index (χ1) is 12.9. The third-order valence-corrected chi connectivity index (χ3v) is 4.51. The number of fused-ring (bicyclic) bond motifs is 1. The number of hydrogen-bond acceptors (Lipinski definition) is 3. The second kappa shape index (κ2) is 6.51. The molecule has 27 heavy (non-hydrogen) atoms. The van der Waals surface area contributed by atoms with Crippen LogP contribution in [0.2, 0.25) is 5.15 Å². The number of hydrogen-bond donors (Lipinski definition) is 2. The lowest BCUT2D eigenvalue weighted by Gasteiger charge is -2.07. The summed E-state index contributed by atoms with van der Waals surface area (Å²) in [6, 6.07) is 11.1. The Kier molecular flexibility index (Phi) is 4.16. The summed E-state index contributed by atoms with van der Waals surface area (Å²) in [5, 5.41) is 7.44. The number of aromatic amines is 1. The Balaban J connectivity index is 1.69. The van der Waals surface area contributed by atoms with Crippen LogP contribution < -0.4 is 5.32 Å². The minimum Gasteiger partial charge on any atom is -0.342 e. The minimum atomic E-state index is -0.534. The van der Waals surface area contributed by atoms with E-state index >= 15 is 0 Å². The van der Waals surface area contributed by atoms with Crippen LogP contribution in [0.4, 0.5) is 10.1 Å². The Morgan fingerprint density at radius 2 is 2.07 bits per heavy atom. The normalized spacial score (nSPS) is 11.1. The maximum Gasteiger partial charge on any atom is 0.255 e. The molecule has 0 spiro atoms. The smallest absolute Gasteiger partial charge is 0.255 e. The predicted octanol–water partition coefficient (Wildman–Crippen LogP) is 4.32. The number of para-hydroxylation sites is 1. The number of H-pyrrole nitrogens is 1. The van der Waals surface area contributed by atoms with Crippen LogP contribution in [-0.4, -0.2) is 25.7 Å². The zero-order valence-corrected chi connectivity index (χ0v) is 15.3. The van der Waals surface area contributed by atoms with Gasteiger partial charge in [0.05, 0.1) is 16.9 Å². The first kappa shape index (κ1) is 17.2. The van der Waals surface area contributed by atoms with Crippen LogP contribution in [0.1, 0.15) is 16.2 Å². The van der Waals surface area contributed by atoms with Gasteiger partial charge >= 0.3 is 0 Å². The van der Waals surface area contributed by atoms with Gasteiger partial charge in [-0.3, -0.25) is 9.48 Å². The number of imidazole rings is 1. The number of aromatic nitrogens is 4. The SMILES string of the molecule is Cc1nc2c(NC(=O)c3cc(F)cc(-c4cc(Cl)n(C)n4)c3)cccc2[nH]1. The van der Waals surface area contributed by atoms with Crippen LogP contribution in [0.5, 0.6) is 0 Å². The van der Waals surface area contributed by atoms with Crippen LogP contribution in [-0.2, 0) is 7.05 Å². The Hall–Kier alpha value is -3.19. The number of nitrogens with one attached hydrogen (secondary N) is 2. The van der Waals surface area contributed by atoms with Crippen molar-refractivity contribution < 1.29 is 9.18 Å². The highest BCUT2D eigenvalue weighted by Crippen LogP contribution is 2.25. The third-order valence-electron chi connectivity index (χ3n) is 4.16. The molecule has 0 aliphatic heterocycles. The van der Waals surface area contributed by atoms with E-state index in [0.717, 1.165) is 11.3 Å². The number of anilines is 1. The maximum atomic E-state index is 14.1. The van der Waals surface area contributed by atoms with Crippen LogP contribution in [0.3, 0.4) is 0 Å². The molecule has 0 unspecified atom stereocenters. The van der Waals surface area contributed by atoms with E-state index in [2.05, 4.69) is 20.4 Å². The molecular formula is C19H15ClFN5O. The van der Waals surface area contributed by atoms with Crippen molar-refractivity contribution in [2.45, 2.75) is 6.92 Å². The van der Waals surface area contributed by atoms with E-state index in [0.29, 0.717) is 27.6 Å². The van der Waals surface area contributed by atoms with Gasteiger partial charge in [-0.05, 0) is 37.3 Å². The topological polar surface area (TPSA) is 75.6 Å². The number of aryl methyl sites for hydroxylation is 2. The van der Waals surface area contributed by atoms with Gasteiger partial charge in [0.15, 0.2) is 0 Å². The lowest BCUT2D eigenvalue weighted by atomic mass is 10.1. The lowest BCUT2D eigenvalue weighted by Crippen LogP contribution is -2.12. The summed E-state index contributed by atoms with van der Waals surface area (Å²) < 4.78 is 15.6. The molecule has 2 heterocycles. The van der Waals surface area contributed by atoms with Crippen LogP contribution >= 0.6 is 11.6 Å². The lowest BCUT2D eigenvalue weighted by molar-refractivity contribution is 0.102. The zero-order valence-electron chi connectivity index (χ0n) is 14.5. The quantitative estimate of drug-likeness (QED) is 0.553. The molecule has 4 aromatic rings. The predicted molar refractivity (Wildman–Crippen MR) is 102 cm³/mol. The molecule has 8 heteroatoms. The minimum absolute atomic E-state index is 0.177. The first-order valence-corrected chi connectivity index (χ1v) is 8.56. The largest absolute Gasteiger partial charge is 0.342 e. The van der Waals surface area contributed by atoms with Crippen LogP contribution in [0.15, 0.2) is 42.5 Å². The molecular weight excluding hydrogens is 369 g/mol. The molecule has 0 aliphatic rings. The van der Waals surface area contributed by atoms with Crippen LogP contribution in [0, 0.1) is 12.7 Å². The van der Waals surface area contributed by atoms with Crippen LogP contribution in [0.25, 0.3) is 22.3 Å². The van der Waals surface area contributed by atoms with Gasteiger partial charge < -0.3 is 10.3 Å². The van der Waals surface area contributed by atoms with Gasteiger partial charge in [0.1, 0.15) is 22.3 Å². The second-order valence-corrected chi connectivity index (χ2v) is 6.57. The van der Waals surface area contributed by atoms with Crippen molar-refractivity contribution >= 4 is 34.2 Å². The number of carbonyl (C=O) groups is 1. The number of amides is 1. The highest BCUT2D eigenvalue weighted by molar-refractivity contribution is 6.29. The van der Waals surface area contributed by atoms with E-state index in [9.17, 15) is 9.18 Å². The number of benzene rings is 2. The van der Waals surface area contributed by atoms with E-state index in [1.807, 2.05) is 19.1 Å². The Bertz CT molecular complexity index is 1160. The van der Waals surface area contributed by atoms with Crippen molar-refractivity contribution in [3.63, 3.8) is 0 Å². The van der Waals surface area contributed by atoms with E-state index in [1.54, 1.807) is 25.2 Å². The molecule has 0 bridgehead atoms. The van der Waals surface area contributed by atoms with Gasteiger partial charge in [-0.25, -0.2) is 9.37 Å². The average Bonchev–Trinajstić information content (AvgIpc) is 3.17. The van der Waals surface area contributed by atoms with E-state index in [1.165, 1.54) is 16.8 Å². The zero-order chi connectivity index (χ0) is 19.1. The molecule has 0 radical (unpaired) electrons. The molecule has 4 rings (SSSR count). The molecule has 2 aromatic carbocycles. The molecule has 0 fully saturated rings. The first-order valence-electron chi connectivity index (χ1n) is 8.18. The fourth-order valence-corrected chi connectivity index (χ4v) is 3.05. The summed E-state index contributed by atoms with van der Waals surface area (Å²) >= 11 is 6.00. The fraction of sp³-hybridized carbons (Fsp3) is 0.105. The third kappa shape index (κ3) is 3.29. The molecule has 0 aliphatic carbocycles. The number of rotatable bonds is 3. The molecule has 2 N–H and O–H groups in total. The summed E-state index contributed by atoms with van der Waals surface area (Å²) in [5.41, 5.74) is 3.15. The van der Waals surface area contributed by atoms with E-state index < -0.39 is 11.7 Å². The molecule has 136 valence electrons. The van der Waals surface area contributed by atoms with Gasteiger partial charge in [-0.2, -0.15) is 5.10 Å². The Morgan fingerprint density at radius 3 is 2.81 bits per heavy atom. The van der Waals surface area contributed by atoms with Crippen molar-refractivity contribution in [2.75, 3.05) is 5.32 Å². The fourth-order valence-electron chi connectivity index (χ4n) is 2.90. The van der Waals surface area contributed by atoms with E-state index in [4.69, 9.17) is 11.6 Å². The van der Waals surface area contributed by atoms with Gasteiger partial charge in [-0.15, -0.1) is 0 Å². The number of halogens is 2. The molecule has 6 nitrogen and oxygen atoms in total. The monoisotopic (exact) mass is 383 g/mol. The number of nitrogens with zero attached hydrogens (tertiary/aromatic N) is 3. The van der Waals surface area contributed by atoms with Crippen molar-refractivity contribution in [3.8, 4) is 11.3 Å². The van der Waals surface area contributed by atoms with Gasteiger partial charge in [0.25, 0.3) is 5.91 Å². The molecule has 0 saturated carbocycles. The summed E-state index contributed by atoms with van der Waals surface area (Å²) in [6.45, 7) is 1.84. The average molecular weight is 384 g/mol. The molecule has 2 aromatic heterocycles. The van der Waals surface area contributed by atoms with Gasteiger partial charge in [0.2, 0.25) is 0 Å². The summed E-state index contributed by atoms with van der Waals surface area (Å²) in [5.74, 6) is -0.231. The van der Waals surface area contributed by atoms with Gasteiger partial charge in [-0.1, -0.05) is 17.7 Å².